The van der Waals surface area contributed by atoms with Crippen LogP contribution in [0, 0.1) is 11.6 Å². The monoisotopic (exact) mass is 408 g/mol. The first-order chi connectivity index (χ1) is 14.4. The minimum atomic E-state index is -0.749. The van der Waals surface area contributed by atoms with Crippen molar-refractivity contribution in [2.75, 3.05) is 17.7 Å². The van der Waals surface area contributed by atoms with E-state index in [-0.39, 0.29) is 11.3 Å². The van der Waals surface area contributed by atoms with Crippen LogP contribution < -0.4 is 15.4 Å². The summed E-state index contributed by atoms with van der Waals surface area (Å²) in [5, 5.41) is 5.34. The number of carbonyl (C=O) groups excluding carboxylic acids is 2. The van der Waals surface area contributed by atoms with E-state index in [0.717, 1.165) is 12.1 Å². The van der Waals surface area contributed by atoms with Crippen LogP contribution in [0.15, 0.2) is 72.8 Å². The van der Waals surface area contributed by atoms with Gasteiger partial charge in [-0.25, -0.2) is 13.6 Å². The van der Waals surface area contributed by atoms with Gasteiger partial charge in [0.05, 0.1) is 7.11 Å². The smallest absolute Gasteiger partial charge is 0.323 e. The Labute approximate surface area is 172 Å². The van der Waals surface area contributed by atoms with Gasteiger partial charge in [-0.3, -0.25) is 4.79 Å². The van der Waals surface area contributed by atoms with Gasteiger partial charge in [0.15, 0.2) is 5.78 Å². The van der Waals surface area contributed by atoms with Crippen LogP contribution in [0.3, 0.4) is 0 Å². The first-order valence-electron chi connectivity index (χ1n) is 8.94. The number of urea groups is 1. The van der Waals surface area contributed by atoms with E-state index < -0.39 is 17.7 Å². The second kappa shape index (κ2) is 9.47. The fourth-order valence-corrected chi connectivity index (χ4v) is 2.58. The lowest BCUT2D eigenvalue weighted by molar-refractivity contribution is 0.104. The molecule has 30 heavy (non-hydrogen) atoms. The number of benzene rings is 3. The number of nitrogens with one attached hydrogen (secondary N) is 2. The third kappa shape index (κ3) is 5.51. The quantitative estimate of drug-likeness (QED) is 0.417. The predicted octanol–water partition coefficient (Wildman–Crippen LogP) is 5.51. The summed E-state index contributed by atoms with van der Waals surface area (Å²) in [5.41, 5.74) is 1.55. The zero-order valence-corrected chi connectivity index (χ0v) is 16.0. The van der Waals surface area contributed by atoms with E-state index in [0.29, 0.717) is 22.7 Å². The molecule has 0 spiro atoms. The van der Waals surface area contributed by atoms with Crippen LogP contribution in [0.5, 0.6) is 5.75 Å². The molecule has 3 rings (SSSR count). The van der Waals surface area contributed by atoms with Crippen molar-refractivity contribution in [3.8, 4) is 5.75 Å². The van der Waals surface area contributed by atoms with Crippen LogP contribution in [-0.4, -0.2) is 18.9 Å². The van der Waals surface area contributed by atoms with E-state index in [1.54, 1.807) is 43.5 Å². The third-order valence-electron chi connectivity index (χ3n) is 4.15. The highest BCUT2D eigenvalue weighted by Crippen LogP contribution is 2.17. The van der Waals surface area contributed by atoms with E-state index in [1.807, 2.05) is 0 Å². The van der Waals surface area contributed by atoms with Gasteiger partial charge in [-0.1, -0.05) is 0 Å². The highest BCUT2D eigenvalue weighted by Gasteiger charge is 2.06. The van der Waals surface area contributed by atoms with Gasteiger partial charge in [-0.15, -0.1) is 0 Å². The molecule has 152 valence electrons. The number of hydrogen-bond acceptors (Lipinski definition) is 3. The Morgan fingerprint density at radius 3 is 2.03 bits per heavy atom. The molecule has 5 nitrogen and oxygen atoms in total. The zero-order valence-electron chi connectivity index (χ0n) is 16.0. The van der Waals surface area contributed by atoms with Crippen molar-refractivity contribution in [2.24, 2.45) is 0 Å². The van der Waals surface area contributed by atoms with Crippen molar-refractivity contribution in [1.29, 1.82) is 0 Å². The number of carbonyl (C=O) groups is 2. The van der Waals surface area contributed by atoms with Gasteiger partial charge in [0, 0.05) is 28.6 Å². The molecule has 0 aliphatic carbocycles. The summed E-state index contributed by atoms with van der Waals surface area (Å²) in [6.45, 7) is 0. The number of amides is 2. The molecular weight excluding hydrogens is 390 g/mol. The molecule has 3 aromatic carbocycles. The fourth-order valence-electron chi connectivity index (χ4n) is 2.58. The maximum absolute atomic E-state index is 13.6. The molecule has 0 aromatic heterocycles. The molecule has 0 unspecified atom stereocenters. The molecule has 0 saturated carbocycles. The first-order valence-corrected chi connectivity index (χ1v) is 8.94. The number of ketones is 1. The summed E-state index contributed by atoms with van der Waals surface area (Å²) in [6, 6.07) is 15.8. The Morgan fingerprint density at radius 1 is 0.867 bits per heavy atom. The normalized spacial score (nSPS) is 10.6. The van der Waals surface area contributed by atoms with E-state index in [2.05, 4.69) is 10.6 Å². The van der Waals surface area contributed by atoms with Crippen LogP contribution >= 0.6 is 0 Å². The van der Waals surface area contributed by atoms with Crippen LogP contribution in [0.4, 0.5) is 25.0 Å². The Balaban J connectivity index is 1.58. The summed E-state index contributed by atoms with van der Waals surface area (Å²) < 4.78 is 31.6. The van der Waals surface area contributed by atoms with Crippen molar-refractivity contribution < 1.29 is 23.1 Å². The van der Waals surface area contributed by atoms with Gasteiger partial charge in [-0.05, 0) is 72.8 Å². The largest absolute Gasteiger partial charge is 0.497 e. The number of ether oxygens (including phenoxy) is 1. The molecule has 2 amide bonds. The maximum Gasteiger partial charge on any atom is 0.323 e. The van der Waals surface area contributed by atoms with E-state index in [9.17, 15) is 18.4 Å². The lowest BCUT2D eigenvalue weighted by Gasteiger charge is -2.08. The Hall–Kier alpha value is -4.00. The van der Waals surface area contributed by atoms with Crippen molar-refractivity contribution in [3.63, 3.8) is 0 Å². The van der Waals surface area contributed by atoms with Crippen LogP contribution in [-0.2, 0) is 0 Å². The summed E-state index contributed by atoms with van der Waals surface area (Å²) in [6.07, 6.45) is 2.49. The highest BCUT2D eigenvalue weighted by atomic mass is 19.1. The Bertz CT molecular complexity index is 1080. The maximum atomic E-state index is 13.6. The molecule has 0 bridgehead atoms. The second-order valence-corrected chi connectivity index (χ2v) is 6.25. The lowest BCUT2D eigenvalue weighted by atomic mass is 10.1. The van der Waals surface area contributed by atoms with Gasteiger partial charge < -0.3 is 15.4 Å². The van der Waals surface area contributed by atoms with E-state index >= 15 is 0 Å². The second-order valence-electron chi connectivity index (χ2n) is 6.25. The summed E-state index contributed by atoms with van der Waals surface area (Å²) in [5.74, 6) is -1.11. The third-order valence-corrected chi connectivity index (χ3v) is 4.15. The first kappa shape index (κ1) is 20.7. The Morgan fingerprint density at radius 2 is 1.47 bits per heavy atom. The highest BCUT2D eigenvalue weighted by molar-refractivity contribution is 6.07. The SMILES string of the molecule is COc1ccc(NC(=O)Nc2ccc(C(=O)/C=C/c3ccc(F)cc3F)cc2)cc1. The van der Waals surface area contributed by atoms with Crippen LogP contribution in [0.2, 0.25) is 0 Å². The lowest BCUT2D eigenvalue weighted by Crippen LogP contribution is -2.19. The van der Waals surface area contributed by atoms with Gasteiger partial charge in [-0.2, -0.15) is 0 Å². The molecule has 0 fully saturated rings. The number of hydrogen-bond donors (Lipinski definition) is 2. The van der Waals surface area contributed by atoms with E-state index in [1.165, 1.54) is 30.4 Å². The van der Waals surface area contributed by atoms with Gasteiger partial charge in [0.2, 0.25) is 0 Å². The Kier molecular flexibility index (Phi) is 6.54. The summed E-state index contributed by atoms with van der Waals surface area (Å²) >= 11 is 0. The van der Waals surface area contributed by atoms with Gasteiger partial charge in [0.1, 0.15) is 17.4 Å². The minimum Gasteiger partial charge on any atom is -0.497 e. The zero-order chi connectivity index (χ0) is 21.5. The number of halogens is 2. The molecule has 0 aliphatic rings. The number of allylic oxidation sites excluding steroid dienone is 1. The molecular formula is C23H18F2N2O3. The molecule has 2 N–H and O–H groups in total. The molecule has 0 aliphatic heterocycles. The number of anilines is 2. The van der Waals surface area contributed by atoms with Gasteiger partial charge >= 0.3 is 6.03 Å². The van der Waals surface area contributed by atoms with Crippen molar-refractivity contribution in [3.05, 3.63) is 95.6 Å². The average Bonchev–Trinajstić information content (AvgIpc) is 2.74. The van der Waals surface area contributed by atoms with Crippen molar-refractivity contribution in [1.82, 2.24) is 0 Å². The molecule has 3 aromatic rings. The minimum absolute atomic E-state index is 0.109. The standard InChI is InChI=1S/C23H18F2N2O3/c1-30-20-11-9-19(10-12-20)27-23(29)26-18-7-3-16(4-8-18)22(28)13-5-15-2-6-17(24)14-21(15)25/h2-14H,1H3,(H2,26,27,29)/b13-5+. The number of rotatable bonds is 6. The number of methoxy groups -OCH3 is 1. The van der Waals surface area contributed by atoms with Gasteiger partial charge in [0.25, 0.3) is 0 Å². The summed E-state index contributed by atoms with van der Waals surface area (Å²) in [7, 11) is 1.56. The molecule has 0 radical (unpaired) electrons. The predicted molar refractivity (Wildman–Crippen MR) is 112 cm³/mol. The topological polar surface area (TPSA) is 67.4 Å². The summed E-state index contributed by atoms with van der Waals surface area (Å²) in [4.78, 5) is 24.3. The van der Waals surface area contributed by atoms with E-state index in [4.69, 9.17) is 4.74 Å². The fraction of sp³-hybridized carbons (Fsp3) is 0.0435. The van der Waals surface area contributed by atoms with Crippen LogP contribution in [0.1, 0.15) is 15.9 Å². The molecule has 0 heterocycles. The van der Waals surface area contributed by atoms with Crippen molar-refractivity contribution in [2.45, 2.75) is 0 Å². The molecule has 7 heteroatoms. The van der Waals surface area contributed by atoms with Crippen molar-refractivity contribution >= 4 is 29.3 Å². The average molecular weight is 408 g/mol. The van der Waals surface area contributed by atoms with Crippen LogP contribution in [0.25, 0.3) is 6.08 Å². The molecule has 0 saturated heterocycles. The molecule has 0 atom stereocenters.